The van der Waals surface area contributed by atoms with Gasteiger partial charge in [0, 0.05) is 23.7 Å². The lowest BCUT2D eigenvalue weighted by Crippen LogP contribution is -2.13. The fourth-order valence-corrected chi connectivity index (χ4v) is 3.51. The van der Waals surface area contributed by atoms with Crippen molar-refractivity contribution in [3.8, 4) is 0 Å². The van der Waals surface area contributed by atoms with Gasteiger partial charge in [0.1, 0.15) is 0 Å². The van der Waals surface area contributed by atoms with Crippen molar-refractivity contribution >= 4 is 38.1 Å². The molecule has 0 aliphatic heterocycles. The van der Waals surface area contributed by atoms with Crippen molar-refractivity contribution in [3.05, 3.63) is 35.8 Å². The van der Waals surface area contributed by atoms with Gasteiger partial charge < -0.3 is 5.32 Å². The molecule has 0 unspecified atom stereocenters. The number of carbonyl (C=O) groups excluding carboxylic acids is 1. The molecule has 0 aliphatic rings. The molecule has 0 radical (unpaired) electrons. The minimum Gasteiger partial charge on any atom is -0.326 e. The molecule has 0 spiro atoms. The Morgan fingerprint density at radius 1 is 1.27 bits per heavy atom. The number of nitrogens with one attached hydrogen (secondary N) is 2. The van der Waals surface area contributed by atoms with Gasteiger partial charge in [-0.2, -0.15) is 0 Å². The number of aromatic nitrogens is 1. The average molecular weight is 339 g/mol. The van der Waals surface area contributed by atoms with Gasteiger partial charge in [0.25, 0.3) is 10.0 Å². The van der Waals surface area contributed by atoms with Crippen LogP contribution in [0, 0.1) is 0 Å². The van der Waals surface area contributed by atoms with Crippen molar-refractivity contribution in [2.75, 3.05) is 10.0 Å². The van der Waals surface area contributed by atoms with Gasteiger partial charge in [0.15, 0.2) is 5.13 Å². The van der Waals surface area contributed by atoms with Crippen molar-refractivity contribution in [2.45, 2.75) is 31.1 Å². The third-order valence-electron chi connectivity index (χ3n) is 2.86. The summed E-state index contributed by atoms with van der Waals surface area (Å²) in [6.45, 7) is 2.02. The number of nitrogens with zero attached hydrogens (tertiary/aromatic N) is 1. The number of thiazole rings is 1. The predicted molar refractivity (Wildman–Crippen MR) is 87.5 cm³/mol. The number of amides is 1. The molecule has 118 valence electrons. The first kappa shape index (κ1) is 16.4. The Hall–Kier alpha value is -1.93. The van der Waals surface area contributed by atoms with E-state index in [1.54, 1.807) is 17.5 Å². The molecule has 1 aromatic carbocycles. The highest BCUT2D eigenvalue weighted by molar-refractivity contribution is 7.93. The molecule has 8 heteroatoms. The van der Waals surface area contributed by atoms with E-state index in [1.807, 2.05) is 6.92 Å². The minimum absolute atomic E-state index is 0.0710. The monoisotopic (exact) mass is 339 g/mol. The number of sulfonamides is 1. The van der Waals surface area contributed by atoms with E-state index in [4.69, 9.17) is 0 Å². The Kier molecular flexibility index (Phi) is 5.51. The van der Waals surface area contributed by atoms with Crippen LogP contribution in [0.2, 0.25) is 0 Å². The standard InChI is InChI=1S/C14H17N3O3S2/c1-2-3-4-13(18)16-11-5-7-12(8-6-11)22(19,20)17-14-15-9-10-21-14/h5-10H,2-4H2,1H3,(H,15,17)(H,16,18). The second-order valence-electron chi connectivity index (χ2n) is 4.62. The lowest BCUT2D eigenvalue weighted by Gasteiger charge is -2.07. The smallest absolute Gasteiger partial charge is 0.263 e. The first-order chi connectivity index (χ1) is 10.5. The van der Waals surface area contributed by atoms with Crippen molar-refractivity contribution in [2.24, 2.45) is 0 Å². The van der Waals surface area contributed by atoms with Gasteiger partial charge in [-0.3, -0.25) is 9.52 Å². The summed E-state index contributed by atoms with van der Waals surface area (Å²) in [5, 5.41) is 4.74. The van der Waals surface area contributed by atoms with Crippen LogP contribution in [0.5, 0.6) is 0 Å². The van der Waals surface area contributed by atoms with Crippen LogP contribution < -0.4 is 10.0 Å². The maximum Gasteiger partial charge on any atom is 0.263 e. The van der Waals surface area contributed by atoms with Crippen LogP contribution in [-0.2, 0) is 14.8 Å². The lowest BCUT2D eigenvalue weighted by molar-refractivity contribution is -0.116. The van der Waals surface area contributed by atoms with E-state index in [-0.39, 0.29) is 10.8 Å². The van der Waals surface area contributed by atoms with E-state index in [2.05, 4.69) is 15.0 Å². The number of hydrogen-bond donors (Lipinski definition) is 2. The molecular formula is C14H17N3O3S2. The highest BCUT2D eigenvalue weighted by Gasteiger charge is 2.15. The fraction of sp³-hybridized carbons (Fsp3) is 0.286. The topological polar surface area (TPSA) is 88.2 Å². The Morgan fingerprint density at radius 2 is 2.00 bits per heavy atom. The van der Waals surface area contributed by atoms with Gasteiger partial charge in [-0.05, 0) is 30.7 Å². The van der Waals surface area contributed by atoms with E-state index < -0.39 is 10.0 Å². The maximum atomic E-state index is 12.1. The largest absolute Gasteiger partial charge is 0.326 e. The Balaban J connectivity index is 2.03. The van der Waals surface area contributed by atoms with E-state index in [9.17, 15) is 13.2 Å². The van der Waals surface area contributed by atoms with Crippen LogP contribution >= 0.6 is 11.3 Å². The summed E-state index contributed by atoms with van der Waals surface area (Å²) in [5.41, 5.74) is 0.578. The third kappa shape index (κ3) is 4.54. The van der Waals surface area contributed by atoms with Crippen molar-refractivity contribution in [3.63, 3.8) is 0 Å². The number of benzene rings is 1. The summed E-state index contributed by atoms with van der Waals surface area (Å²) in [4.78, 5) is 15.6. The summed E-state index contributed by atoms with van der Waals surface area (Å²) in [7, 11) is -3.66. The minimum atomic E-state index is -3.66. The van der Waals surface area contributed by atoms with Gasteiger partial charge in [0.2, 0.25) is 5.91 Å². The SMILES string of the molecule is CCCCC(=O)Nc1ccc(S(=O)(=O)Nc2nccs2)cc1. The maximum absolute atomic E-state index is 12.1. The summed E-state index contributed by atoms with van der Waals surface area (Å²) in [6, 6.07) is 6.04. The molecule has 0 atom stereocenters. The fourth-order valence-electron chi connectivity index (χ4n) is 1.73. The average Bonchev–Trinajstić information content (AvgIpc) is 2.98. The number of anilines is 2. The van der Waals surface area contributed by atoms with Crippen LogP contribution in [0.15, 0.2) is 40.7 Å². The molecule has 0 bridgehead atoms. The molecule has 1 aromatic heterocycles. The molecular weight excluding hydrogens is 322 g/mol. The quantitative estimate of drug-likeness (QED) is 0.811. The summed E-state index contributed by atoms with van der Waals surface area (Å²) >= 11 is 1.21. The van der Waals surface area contributed by atoms with Crippen LogP contribution in [0.25, 0.3) is 0 Å². The number of carbonyl (C=O) groups is 1. The predicted octanol–water partition coefficient (Wildman–Crippen LogP) is 3.07. The second kappa shape index (κ2) is 7.37. The number of hydrogen-bond acceptors (Lipinski definition) is 5. The van der Waals surface area contributed by atoms with E-state index in [0.29, 0.717) is 17.2 Å². The van der Waals surface area contributed by atoms with Gasteiger partial charge in [-0.25, -0.2) is 13.4 Å². The molecule has 22 heavy (non-hydrogen) atoms. The van der Waals surface area contributed by atoms with Gasteiger partial charge in [-0.1, -0.05) is 13.3 Å². The Morgan fingerprint density at radius 3 is 2.59 bits per heavy atom. The van der Waals surface area contributed by atoms with Gasteiger partial charge in [-0.15, -0.1) is 11.3 Å². The summed E-state index contributed by atoms with van der Waals surface area (Å²) in [6.07, 6.45) is 3.77. The molecule has 2 aromatic rings. The van der Waals surface area contributed by atoms with Crippen LogP contribution in [0.4, 0.5) is 10.8 Å². The Labute approximate surface area is 133 Å². The summed E-state index contributed by atoms with van der Waals surface area (Å²) < 4.78 is 26.7. The van der Waals surface area contributed by atoms with Crippen LogP contribution in [-0.4, -0.2) is 19.3 Å². The molecule has 2 rings (SSSR count). The molecule has 0 aliphatic carbocycles. The normalized spacial score (nSPS) is 11.1. The highest BCUT2D eigenvalue weighted by atomic mass is 32.2. The van der Waals surface area contributed by atoms with E-state index in [1.165, 1.54) is 29.7 Å². The molecule has 0 fully saturated rings. The van der Waals surface area contributed by atoms with Crippen molar-refractivity contribution < 1.29 is 13.2 Å². The van der Waals surface area contributed by atoms with Crippen molar-refractivity contribution in [1.82, 2.24) is 4.98 Å². The van der Waals surface area contributed by atoms with E-state index in [0.717, 1.165) is 12.8 Å². The third-order valence-corrected chi connectivity index (χ3v) is 5.03. The molecule has 2 N–H and O–H groups in total. The number of rotatable bonds is 7. The highest BCUT2D eigenvalue weighted by Crippen LogP contribution is 2.19. The Bertz CT molecular complexity index is 710. The summed E-state index contributed by atoms with van der Waals surface area (Å²) in [5.74, 6) is -0.0710. The molecule has 0 saturated carbocycles. The zero-order valence-corrected chi connectivity index (χ0v) is 13.7. The number of unbranched alkanes of at least 4 members (excludes halogenated alkanes) is 1. The van der Waals surface area contributed by atoms with Crippen LogP contribution in [0.3, 0.4) is 0 Å². The second-order valence-corrected chi connectivity index (χ2v) is 7.20. The van der Waals surface area contributed by atoms with Gasteiger partial charge >= 0.3 is 0 Å². The lowest BCUT2D eigenvalue weighted by atomic mass is 10.2. The molecule has 1 amide bonds. The first-order valence-corrected chi connectivity index (χ1v) is 9.20. The van der Waals surface area contributed by atoms with E-state index >= 15 is 0 Å². The molecule has 6 nitrogen and oxygen atoms in total. The molecule has 0 saturated heterocycles. The van der Waals surface area contributed by atoms with Crippen LogP contribution in [0.1, 0.15) is 26.2 Å². The van der Waals surface area contributed by atoms with Gasteiger partial charge in [0.05, 0.1) is 4.90 Å². The first-order valence-electron chi connectivity index (χ1n) is 6.83. The zero-order valence-electron chi connectivity index (χ0n) is 12.1. The molecule has 1 heterocycles. The van der Waals surface area contributed by atoms with Crippen molar-refractivity contribution in [1.29, 1.82) is 0 Å². The zero-order chi connectivity index (χ0) is 16.0.